The van der Waals surface area contributed by atoms with Crippen molar-refractivity contribution in [2.75, 3.05) is 19.8 Å². The van der Waals surface area contributed by atoms with Crippen molar-refractivity contribution in [3.05, 3.63) is 58.4 Å². The van der Waals surface area contributed by atoms with Gasteiger partial charge >= 0.3 is 11.9 Å². The van der Waals surface area contributed by atoms with E-state index in [0.29, 0.717) is 29.1 Å². The number of ether oxygens (including phenoxy) is 2. The van der Waals surface area contributed by atoms with Crippen LogP contribution in [-0.2, 0) is 25.5 Å². The van der Waals surface area contributed by atoms with Crippen LogP contribution in [0.25, 0.3) is 0 Å². The first kappa shape index (κ1) is 25.7. The molecule has 166 valence electrons. The number of hydrogen-bond acceptors (Lipinski definition) is 6. The third-order valence-electron chi connectivity index (χ3n) is 4.98. The highest BCUT2D eigenvalue weighted by atomic mass is 35.5. The third-order valence-corrected chi connectivity index (χ3v) is 4.98. The Kier molecular flexibility index (Phi) is 10.6. The van der Waals surface area contributed by atoms with E-state index >= 15 is 0 Å². The molecule has 0 spiro atoms. The largest absolute Gasteiger partial charge is 0.463 e. The highest BCUT2D eigenvalue weighted by Gasteiger charge is 2.33. The molecule has 2 rings (SSSR count). The summed E-state index contributed by atoms with van der Waals surface area (Å²) in [4.78, 5) is 24.9. The van der Waals surface area contributed by atoms with Crippen LogP contribution in [-0.4, -0.2) is 37.7 Å². The van der Waals surface area contributed by atoms with Gasteiger partial charge in [-0.25, -0.2) is 9.59 Å². The molecule has 0 radical (unpaired) electrons. The predicted molar refractivity (Wildman–Crippen MR) is 120 cm³/mol. The second-order valence-electron chi connectivity index (χ2n) is 7.33. The number of hydrogen-bond donors (Lipinski definition) is 2. The number of rotatable bonds is 9. The molecule has 1 aliphatic heterocycles. The number of carbonyl (C=O) groups excluding carboxylic acids is 2. The molecule has 30 heavy (non-hydrogen) atoms. The average molecular weight is 437 g/mol. The first-order valence-corrected chi connectivity index (χ1v) is 10.1. The van der Waals surface area contributed by atoms with Crippen LogP contribution in [0.4, 0.5) is 0 Å². The number of nitrogens with one attached hydrogen (secondary N) is 2. The summed E-state index contributed by atoms with van der Waals surface area (Å²) < 4.78 is 10.6. The van der Waals surface area contributed by atoms with Gasteiger partial charge in [0.25, 0.3) is 0 Å². The van der Waals surface area contributed by atoms with Gasteiger partial charge in [-0.3, -0.25) is 0 Å². The van der Waals surface area contributed by atoms with Crippen LogP contribution in [0, 0.1) is 5.92 Å². The summed E-state index contributed by atoms with van der Waals surface area (Å²) in [5.74, 6) is -1.19. The normalized spacial score (nSPS) is 17.0. The van der Waals surface area contributed by atoms with E-state index in [1.807, 2.05) is 39.0 Å². The fourth-order valence-corrected chi connectivity index (χ4v) is 3.64. The summed E-state index contributed by atoms with van der Waals surface area (Å²) in [5, 5.41) is 6.48. The Hall–Kier alpha value is -2.31. The van der Waals surface area contributed by atoms with Gasteiger partial charge in [0.15, 0.2) is 0 Å². The van der Waals surface area contributed by atoms with Crippen molar-refractivity contribution in [3.8, 4) is 0 Å². The molecule has 6 nitrogen and oxygen atoms in total. The summed E-state index contributed by atoms with van der Waals surface area (Å²) in [6.07, 6.45) is 0.910. The molecule has 0 bridgehead atoms. The zero-order valence-electron chi connectivity index (χ0n) is 18.4. The maximum atomic E-state index is 12.7. The number of carbonyl (C=O) groups is 2. The molecule has 2 unspecified atom stereocenters. The van der Waals surface area contributed by atoms with Crippen LogP contribution < -0.4 is 10.6 Å². The Labute approximate surface area is 185 Å². The first-order chi connectivity index (χ1) is 13.8. The van der Waals surface area contributed by atoms with Gasteiger partial charge in [-0.2, -0.15) is 0 Å². The van der Waals surface area contributed by atoms with E-state index in [-0.39, 0.29) is 37.6 Å². The highest BCUT2D eigenvalue weighted by molar-refractivity contribution is 5.97. The van der Waals surface area contributed by atoms with Gasteiger partial charge in [0.2, 0.25) is 0 Å². The zero-order valence-corrected chi connectivity index (χ0v) is 19.2. The molecule has 0 fully saturated rings. The molecule has 1 aromatic carbocycles. The van der Waals surface area contributed by atoms with E-state index in [2.05, 4.69) is 29.7 Å². The molecule has 0 aliphatic carbocycles. The summed E-state index contributed by atoms with van der Waals surface area (Å²) >= 11 is 0. The van der Waals surface area contributed by atoms with E-state index in [9.17, 15) is 9.59 Å². The first-order valence-electron chi connectivity index (χ1n) is 10.1. The van der Waals surface area contributed by atoms with Gasteiger partial charge in [-0.05, 0) is 39.7 Å². The lowest BCUT2D eigenvalue weighted by Crippen LogP contribution is -2.34. The summed E-state index contributed by atoms with van der Waals surface area (Å²) in [6.45, 7) is 10.4. The van der Waals surface area contributed by atoms with Gasteiger partial charge in [0.1, 0.15) is 6.61 Å². The second-order valence-corrected chi connectivity index (χ2v) is 7.33. The van der Waals surface area contributed by atoms with E-state index in [1.165, 1.54) is 5.56 Å². The second kappa shape index (κ2) is 12.4. The molecule has 2 atom stereocenters. The summed E-state index contributed by atoms with van der Waals surface area (Å²) in [6, 6.07) is 10.5. The number of allylic oxidation sites excluding steroid dienone is 2. The van der Waals surface area contributed by atoms with Gasteiger partial charge in [0, 0.05) is 29.9 Å². The van der Waals surface area contributed by atoms with Crippen molar-refractivity contribution in [2.24, 2.45) is 5.92 Å². The zero-order chi connectivity index (χ0) is 21.4. The van der Waals surface area contributed by atoms with Crippen molar-refractivity contribution >= 4 is 24.3 Å². The van der Waals surface area contributed by atoms with Gasteiger partial charge in [-0.15, -0.1) is 12.4 Å². The fourth-order valence-electron chi connectivity index (χ4n) is 3.64. The highest BCUT2D eigenvalue weighted by Crippen LogP contribution is 2.30. The van der Waals surface area contributed by atoms with Crippen molar-refractivity contribution in [2.45, 2.75) is 47.1 Å². The van der Waals surface area contributed by atoms with Crippen molar-refractivity contribution in [3.63, 3.8) is 0 Å². The molecule has 0 amide bonds. The lowest BCUT2D eigenvalue weighted by atomic mass is 9.87. The maximum Gasteiger partial charge on any atom is 0.336 e. The summed E-state index contributed by atoms with van der Waals surface area (Å²) in [5.41, 5.74) is 3.62. The van der Waals surface area contributed by atoms with Crippen LogP contribution in [0.15, 0.2) is 52.9 Å². The van der Waals surface area contributed by atoms with E-state index < -0.39 is 11.9 Å². The van der Waals surface area contributed by atoms with Crippen LogP contribution in [0.3, 0.4) is 0 Å². The van der Waals surface area contributed by atoms with Gasteiger partial charge in [-0.1, -0.05) is 37.3 Å². The number of benzene rings is 1. The Morgan fingerprint density at radius 3 is 2.20 bits per heavy atom. The van der Waals surface area contributed by atoms with Gasteiger partial charge < -0.3 is 20.1 Å². The molecule has 2 N–H and O–H groups in total. The lowest BCUT2D eigenvalue weighted by Gasteiger charge is -2.27. The monoisotopic (exact) mass is 436 g/mol. The third kappa shape index (κ3) is 6.89. The Balaban J connectivity index is 0.00000450. The molecule has 0 aromatic heterocycles. The minimum atomic E-state index is -0.408. The minimum absolute atomic E-state index is 0. The van der Waals surface area contributed by atoms with Crippen LogP contribution >= 0.6 is 12.4 Å². The van der Waals surface area contributed by atoms with Crippen LogP contribution in [0.1, 0.15) is 40.2 Å². The van der Waals surface area contributed by atoms with Crippen molar-refractivity contribution < 1.29 is 19.1 Å². The van der Waals surface area contributed by atoms with Crippen molar-refractivity contribution in [1.29, 1.82) is 0 Å². The Morgan fingerprint density at radius 2 is 1.63 bits per heavy atom. The van der Waals surface area contributed by atoms with Crippen molar-refractivity contribution in [1.82, 2.24) is 10.6 Å². The number of esters is 2. The quantitative estimate of drug-likeness (QED) is 0.455. The molecule has 7 heteroatoms. The standard InChI is InChI=1S/C23H32N2O4.ClH/c1-6-28-22(26)20-16(3)21(18(5)25-17(20)4)23(27)29-13-12-24-15(2)14-19-10-8-7-9-11-19;/h7-11,15-16,24-25H,6,12-14H2,1-5H3;1H. The Morgan fingerprint density at radius 1 is 1.07 bits per heavy atom. The predicted octanol–water partition coefficient (Wildman–Crippen LogP) is 3.52. The molecular weight excluding hydrogens is 404 g/mol. The number of dihydropyridines is 1. The molecular formula is C23H33ClN2O4. The molecule has 1 aromatic rings. The van der Waals surface area contributed by atoms with Crippen LogP contribution in [0.5, 0.6) is 0 Å². The smallest absolute Gasteiger partial charge is 0.336 e. The molecule has 0 saturated heterocycles. The maximum absolute atomic E-state index is 12.7. The van der Waals surface area contributed by atoms with E-state index in [0.717, 1.165) is 6.42 Å². The van der Waals surface area contributed by atoms with E-state index in [4.69, 9.17) is 9.47 Å². The number of halogens is 1. The SMILES string of the molecule is CCOC(=O)C1=C(C)NC(C)=C(C(=O)OCCNC(C)Cc2ccccc2)C1C.Cl. The minimum Gasteiger partial charge on any atom is -0.463 e. The fraction of sp³-hybridized carbons (Fsp3) is 0.478. The van der Waals surface area contributed by atoms with Gasteiger partial charge in [0.05, 0.1) is 17.8 Å². The topological polar surface area (TPSA) is 76.7 Å². The average Bonchev–Trinajstić information content (AvgIpc) is 2.66. The Bertz CT molecular complexity index is 790. The molecule has 1 heterocycles. The summed E-state index contributed by atoms with van der Waals surface area (Å²) in [7, 11) is 0. The lowest BCUT2D eigenvalue weighted by molar-refractivity contribution is -0.140. The molecule has 0 saturated carbocycles. The van der Waals surface area contributed by atoms with Crippen LogP contribution in [0.2, 0.25) is 0 Å². The molecule has 1 aliphatic rings. The van der Waals surface area contributed by atoms with E-state index in [1.54, 1.807) is 6.92 Å².